The molecule has 1 rings (SSSR count). The second kappa shape index (κ2) is 6.64. The van der Waals surface area contributed by atoms with Crippen LogP contribution in [-0.2, 0) is 16.1 Å². The van der Waals surface area contributed by atoms with Crippen LogP contribution in [0.15, 0.2) is 23.1 Å². The molecule has 0 saturated heterocycles. The van der Waals surface area contributed by atoms with E-state index >= 15 is 0 Å². The fourth-order valence-electron chi connectivity index (χ4n) is 1.64. The number of aromatic nitrogens is 1. The number of hydrogen-bond acceptors (Lipinski definition) is 5. The molecule has 0 radical (unpaired) electrons. The molecule has 0 spiro atoms. The van der Waals surface area contributed by atoms with Gasteiger partial charge in [-0.25, -0.2) is 4.79 Å². The molecule has 1 amide bonds. The van der Waals surface area contributed by atoms with E-state index in [-0.39, 0.29) is 11.6 Å². The topological polar surface area (TPSA) is 132 Å². The summed E-state index contributed by atoms with van der Waals surface area (Å²) < 4.78 is 0.854. The first-order valence-electron chi connectivity index (χ1n) is 6.09. The molecular weight excluding hydrogens is 282 g/mol. The number of carboxylic acids is 1. The van der Waals surface area contributed by atoms with Crippen molar-refractivity contribution in [1.29, 1.82) is 0 Å². The standard InChI is InChI=1S/C12H15N3O6/c1-7(2)11(12(18)19)13-9(16)6-14-5-8(15(20)21)3-4-10(14)17/h3-5,7,11H,6H2,1-2H3,(H,13,16)(H,18,19). The van der Waals surface area contributed by atoms with Gasteiger partial charge in [-0.05, 0) is 5.92 Å². The van der Waals surface area contributed by atoms with Crippen molar-refractivity contribution in [3.8, 4) is 0 Å². The van der Waals surface area contributed by atoms with Crippen LogP contribution in [0.25, 0.3) is 0 Å². The lowest BCUT2D eigenvalue weighted by Gasteiger charge is -2.18. The predicted octanol–water partition coefficient (Wildman–Crippen LogP) is -0.0181. The van der Waals surface area contributed by atoms with Crippen molar-refractivity contribution in [2.75, 3.05) is 0 Å². The number of carboxylic acid groups (broad SMARTS) is 1. The number of rotatable bonds is 6. The number of nitro groups is 1. The Hall–Kier alpha value is -2.71. The van der Waals surface area contributed by atoms with E-state index in [9.17, 15) is 24.5 Å². The fourth-order valence-corrected chi connectivity index (χ4v) is 1.64. The number of nitrogens with one attached hydrogen (secondary N) is 1. The molecule has 0 aliphatic heterocycles. The molecule has 1 aromatic rings. The third-order valence-corrected chi connectivity index (χ3v) is 2.74. The summed E-state index contributed by atoms with van der Waals surface area (Å²) in [7, 11) is 0. The third-order valence-electron chi connectivity index (χ3n) is 2.74. The highest BCUT2D eigenvalue weighted by molar-refractivity contribution is 5.83. The summed E-state index contributed by atoms with van der Waals surface area (Å²) >= 11 is 0. The third kappa shape index (κ3) is 4.41. The molecule has 1 unspecified atom stereocenters. The average Bonchev–Trinajstić information content (AvgIpc) is 2.37. The van der Waals surface area contributed by atoms with E-state index in [1.807, 2.05) is 0 Å². The number of pyridine rings is 1. The molecule has 0 fully saturated rings. The van der Waals surface area contributed by atoms with Gasteiger partial charge in [0.15, 0.2) is 0 Å². The molecule has 1 heterocycles. The van der Waals surface area contributed by atoms with Crippen molar-refractivity contribution >= 4 is 17.6 Å². The van der Waals surface area contributed by atoms with Crippen LogP contribution in [0.4, 0.5) is 5.69 Å². The quantitative estimate of drug-likeness (QED) is 0.560. The van der Waals surface area contributed by atoms with Crippen LogP contribution in [-0.4, -0.2) is 32.5 Å². The van der Waals surface area contributed by atoms with Crippen LogP contribution >= 0.6 is 0 Å². The summed E-state index contributed by atoms with van der Waals surface area (Å²) in [5.41, 5.74) is -0.923. The normalized spacial score (nSPS) is 12.0. The lowest BCUT2D eigenvalue weighted by Crippen LogP contribution is -2.46. The van der Waals surface area contributed by atoms with E-state index in [1.165, 1.54) is 0 Å². The minimum atomic E-state index is -1.19. The molecule has 0 aliphatic rings. The van der Waals surface area contributed by atoms with Gasteiger partial charge in [0.2, 0.25) is 5.91 Å². The number of nitrogens with zero attached hydrogens (tertiary/aromatic N) is 2. The molecular formula is C12H15N3O6. The van der Waals surface area contributed by atoms with E-state index < -0.39 is 34.9 Å². The van der Waals surface area contributed by atoms with Gasteiger partial charge >= 0.3 is 5.97 Å². The summed E-state index contributed by atoms with van der Waals surface area (Å²) in [5, 5.41) is 21.8. The van der Waals surface area contributed by atoms with Gasteiger partial charge in [-0.1, -0.05) is 13.8 Å². The number of carbonyl (C=O) groups is 2. The zero-order valence-electron chi connectivity index (χ0n) is 11.5. The van der Waals surface area contributed by atoms with E-state index in [0.29, 0.717) is 0 Å². The van der Waals surface area contributed by atoms with E-state index in [4.69, 9.17) is 5.11 Å². The minimum Gasteiger partial charge on any atom is -0.480 e. The SMILES string of the molecule is CC(C)C(NC(=O)Cn1cc([N+](=O)[O-])ccc1=O)C(=O)O. The molecule has 9 heteroatoms. The summed E-state index contributed by atoms with van der Waals surface area (Å²) in [6.45, 7) is 2.76. The number of carbonyl (C=O) groups excluding carboxylic acids is 1. The molecule has 1 aromatic heterocycles. The van der Waals surface area contributed by atoms with Gasteiger partial charge in [-0.2, -0.15) is 0 Å². The Bertz CT molecular complexity index is 622. The molecule has 0 bridgehead atoms. The zero-order chi connectivity index (χ0) is 16.2. The maximum absolute atomic E-state index is 11.8. The maximum Gasteiger partial charge on any atom is 0.326 e. The highest BCUT2D eigenvalue weighted by Crippen LogP contribution is 2.06. The van der Waals surface area contributed by atoms with Gasteiger partial charge in [-0.15, -0.1) is 0 Å². The molecule has 114 valence electrons. The van der Waals surface area contributed by atoms with Crippen molar-refractivity contribution in [3.63, 3.8) is 0 Å². The summed E-state index contributed by atoms with van der Waals surface area (Å²) in [5.74, 6) is -2.24. The largest absolute Gasteiger partial charge is 0.480 e. The monoisotopic (exact) mass is 297 g/mol. The van der Waals surface area contributed by atoms with Crippen molar-refractivity contribution in [2.45, 2.75) is 26.4 Å². The van der Waals surface area contributed by atoms with Crippen LogP contribution in [0.3, 0.4) is 0 Å². The Morgan fingerprint density at radius 1 is 1.43 bits per heavy atom. The smallest absolute Gasteiger partial charge is 0.326 e. The van der Waals surface area contributed by atoms with Gasteiger partial charge in [0.25, 0.3) is 11.2 Å². The van der Waals surface area contributed by atoms with Crippen LogP contribution in [0, 0.1) is 16.0 Å². The van der Waals surface area contributed by atoms with Gasteiger partial charge in [0, 0.05) is 12.1 Å². The molecule has 1 atom stereocenters. The highest BCUT2D eigenvalue weighted by Gasteiger charge is 2.23. The van der Waals surface area contributed by atoms with Gasteiger partial charge in [-0.3, -0.25) is 24.3 Å². The first-order chi connectivity index (χ1) is 9.72. The second-order valence-corrected chi connectivity index (χ2v) is 4.74. The molecule has 0 saturated carbocycles. The fraction of sp³-hybridized carbons (Fsp3) is 0.417. The van der Waals surface area contributed by atoms with E-state index in [1.54, 1.807) is 13.8 Å². The summed E-state index contributed by atoms with van der Waals surface area (Å²) in [6.07, 6.45) is 0.938. The Morgan fingerprint density at radius 2 is 2.05 bits per heavy atom. The van der Waals surface area contributed by atoms with Crippen molar-refractivity contribution in [1.82, 2.24) is 9.88 Å². The predicted molar refractivity (Wildman–Crippen MR) is 71.8 cm³/mol. The Labute approximate surface area is 119 Å². The van der Waals surface area contributed by atoms with Crippen LogP contribution in [0.2, 0.25) is 0 Å². The lowest BCUT2D eigenvalue weighted by molar-refractivity contribution is -0.385. The Balaban J connectivity index is 2.88. The summed E-state index contributed by atoms with van der Waals surface area (Å²) in [6, 6.07) is 0.917. The average molecular weight is 297 g/mol. The van der Waals surface area contributed by atoms with Crippen LogP contribution < -0.4 is 10.9 Å². The summed E-state index contributed by atoms with van der Waals surface area (Å²) in [4.78, 5) is 44.2. The molecule has 21 heavy (non-hydrogen) atoms. The molecule has 0 aliphatic carbocycles. The number of hydrogen-bond donors (Lipinski definition) is 2. The number of amides is 1. The van der Waals surface area contributed by atoms with Crippen molar-refractivity contribution < 1.29 is 19.6 Å². The van der Waals surface area contributed by atoms with E-state index in [0.717, 1.165) is 22.9 Å². The van der Waals surface area contributed by atoms with Gasteiger partial charge < -0.3 is 10.4 Å². The molecule has 2 N–H and O–H groups in total. The molecule has 0 aromatic carbocycles. The molecule has 9 nitrogen and oxygen atoms in total. The first kappa shape index (κ1) is 16.3. The van der Waals surface area contributed by atoms with E-state index in [2.05, 4.69) is 5.32 Å². The minimum absolute atomic E-state index is 0.332. The van der Waals surface area contributed by atoms with Crippen LogP contribution in [0.1, 0.15) is 13.8 Å². The van der Waals surface area contributed by atoms with Gasteiger partial charge in [0.1, 0.15) is 12.6 Å². The first-order valence-corrected chi connectivity index (χ1v) is 6.09. The maximum atomic E-state index is 11.8. The van der Waals surface area contributed by atoms with Crippen molar-refractivity contribution in [3.05, 3.63) is 38.8 Å². The second-order valence-electron chi connectivity index (χ2n) is 4.74. The number of aliphatic carboxylic acids is 1. The highest BCUT2D eigenvalue weighted by atomic mass is 16.6. The van der Waals surface area contributed by atoms with Gasteiger partial charge in [0.05, 0.1) is 11.1 Å². The Morgan fingerprint density at radius 3 is 2.52 bits per heavy atom. The van der Waals surface area contributed by atoms with Crippen molar-refractivity contribution in [2.24, 2.45) is 5.92 Å². The van der Waals surface area contributed by atoms with Crippen LogP contribution in [0.5, 0.6) is 0 Å². The Kier molecular flexibility index (Phi) is 5.17. The zero-order valence-corrected chi connectivity index (χ0v) is 11.5. The lowest BCUT2D eigenvalue weighted by atomic mass is 10.1.